The third kappa shape index (κ3) is 3.48. The molecule has 1 aliphatic carbocycles. The molecule has 3 rings (SSSR count). The molecule has 0 amide bonds. The van der Waals surface area contributed by atoms with Crippen LogP contribution in [-0.4, -0.2) is 30.0 Å². The third-order valence-corrected chi connectivity index (χ3v) is 5.91. The molecule has 2 aromatic rings. The number of anilines is 1. The minimum Gasteiger partial charge on any atom is -0.411 e. The Morgan fingerprint density at radius 3 is 2.33 bits per heavy atom. The Morgan fingerprint density at radius 1 is 1.11 bits per heavy atom. The van der Waals surface area contributed by atoms with Crippen LogP contribution in [-0.2, 0) is 10.8 Å². The van der Waals surface area contributed by atoms with E-state index in [1.165, 1.54) is 11.1 Å². The maximum absolute atomic E-state index is 9.83. The van der Waals surface area contributed by atoms with Gasteiger partial charge in [0.1, 0.15) is 0 Å². The highest BCUT2D eigenvalue weighted by Gasteiger charge is 2.45. The van der Waals surface area contributed by atoms with Crippen molar-refractivity contribution in [1.82, 2.24) is 4.98 Å². The van der Waals surface area contributed by atoms with Crippen LogP contribution in [0.25, 0.3) is 0 Å². The molecule has 0 bridgehead atoms. The second-order valence-electron chi connectivity index (χ2n) is 7.86. The highest BCUT2D eigenvalue weighted by atomic mass is 16.4. The first-order chi connectivity index (χ1) is 12.9. The zero-order valence-electron chi connectivity index (χ0n) is 16.7. The normalized spacial score (nSPS) is 25.4. The van der Waals surface area contributed by atoms with Gasteiger partial charge in [-0.2, -0.15) is 0 Å². The summed E-state index contributed by atoms with van der Waals surface area (Å²) in [5, 5.41) is 13.6. The van der Waals surface area contributed by atoms with Crippen molar-refractivity contribution >= 4 is 11.4 Å². The topological polar surface area (TPSA) is 48.7 Å². The first kappa shape index (κ1) is 19.2. The van der Waals surface area contributed by atoms with E-state index in [1.54, 1.807) is 0 Å². The van der Waals surface area contributed by atoms with Gasteiger partial charge >= 0.3 is 0 Å². The van der Waals surface area contributed by atoms with E-state index in [2.05, 4.69) is 77.4 Å². The lowest BCUT2D eigenvalue weighted by molar-refractivity contribution is 0.302. The number of nitrogens with zero attached hydrogens (tertiary/aromatic N) is 3. The monoisotopic (exact) mass is 363 g/mol. The van der Waals surface area contributed by atoms with Gasteiger partial charge in [-0.15, -0.1) is 0 Å². The lowest BCUT2D eigenvalue weighted by Crippen LogP contribution is -2.43. The summed E-state index contributed by atoms with van der Waals surface area (Å²) >= 11 is 0. The fraction of sp³-hybridized carbons (Fsp3) is 0.391. The van der Waals surface area contributed by atoms with Gasteiger partial charge in [0.2, 0.25) is 0 Å². The molecule has 1 unspecified atom stereocenters. The van der Waals surface area contributed by atoms with E-state index in [4.69, 9.17) is 0 Å². The predicted molar refractivity (Wildman–Crippen MR) is 112 cm³/mol. The number of rotatable bonds is 5. The van der Waals surface area contributed by atoms with Crippen LogP contribution in [0.3, 0.4) is 0 Å². The molecule has 4 nitrogen and oxygen atoms in total. The number of benzene rings is 1. The van der Waals surface area contributed by atoms with Crippen LogP contribution in [0.5, 0.6) is 0 Å². The van der Waals surface area contributed by atoms with E-state index in [9.17, 15) is 5.21 Å². The second-order valence-corrected chi connectivity index (χ2v) is 7.86. The summed E-state index contributed by atoms with van der Waals surface area (Å²) in [6, 6.07) is 12.8. The quantitative estimate of drug-likeness (QED) is 0.354. The highest BCUT2D eigenvalue weighted by molar-refractivity contribution is 5.95. The van der Waals surface area contributed by atoms with E-state index in [0.29, 0.717) is 6.42 Å². The largest absolute Gasteiger partial charge is 0.411 e. The summed E-state index contributed by atoms with van der Waals surface area (Å²) in [6.07, 6.45) is 10.6. The van der Waals surface area contributed by atoms with E-state index in [1.807, 2.05) is 26.5 Å². The smallest absolute Gasteiger partial charge is 0.0676 e. The average Bonchev–Trinajstić information content (AvgIpc) is 2.70. The number of hydrogen-bond acceptors (Lipinski definition) is 4. The van der Waals surface area contributed by atoms with Crippen molar-refractivity contribution in [2.45, 2.75) is 43.9 Å². The van der Waals surface area contributed by atoms with Gasteiger partial charge in [-0.3, -0.25) is 4.98 Å². The van der Waals surface area contributed by atoms with Gasteiger partial charge < -0.3 is 10.1 Å². The molecular weight excluding hydrogens is 334 g/mol. The van der Waals surface area contributed by atoms with Crippen molar-refractivity contribution in [3.63, 3.8) is 0 Å². The first-order valence-corrected chi connectivity index (χ1v) is 9.52. The number of oxime groups is 1. The molecule has 1 aliphatic rings. The molecule has 0 aliphatic heterocycles. The van der Waals surface area contributed by atoms with E-state index in [0.717, 1.165) is 24.2 Å². The van der Waals surface area contributed by atoms with Gasteiger partial charge in [-0.05, 0) is 54.7 Å². The van der Waals surface area contributed by atoms with Crippen LogP contribution in [0, 0.1) is 0 Å². The summed E-state index contributed by atoms with van der Waals surface area (Å²) in [5.41, 5.74) is 3.97. The predicted octanol–water partition coefficient (Wildman–Crippen LogP) is 4.93. The van der Waals surface area contributed by atoms with Gasteiger partial charge in [0.15, 0.2) is 0 Å². The summed E-state index contributed by atoms with van der Waals surface area (Å²) in [7, 11) is 4.09. The molecule has 1 aromatic carbocycles. The minimum absolute atomic E-state index is 0.146. The highest BCUT2D eigenvalue weighted by Crippen LogP contribution is 2.47. The SMILES string of the molecule is CCC(=NO)C1(c2ccc(N(C)C)cc2)CC=C[C@](C)(c2ccncc2)C1. The van der Waals surface area contributed by atoms with Crippen molar-refractivity contribution in [3.05, 3.63) is 72.1 Å². The summed E-state index contributed by atoms with van der Waals surface area (Å²) in [5.74, 6) is 0. The lowest BCUT2D eigenvalue weighted by atomic mass is 9.59. The van der Waals surface area contributed by atoms with Crippen molar-refractivity contribution in [3.8, 4) is 0 Å². The Labute approximate surface area is 162 Å². The van der Waals surface area contributed by atoms with E-state index < -0.39 is 0 Å². The zero-order valence-corrected chi connectivity index (χ0v) is 16.7. The van der Waals surface area contributed by atoms with Crippen molar-refractivity contribution < 1.29 is 5.21 Å². The molecule has 1 heterocycles. The van der Waals surface area contributed by atoms with Crippen molar-refractivity contribution in [1.29, 1.82) is 0 Å². The van der Waals surface area contributed by atoms with E-state index in [-0.39, 0.29) is 10.8 Å². The maximum atomic E-state index is 9.83. The molecule has 0 radical (unpaired) electrons. The minimum atomic E-state index is -0.318. The fourth-order valence-electron chi connectivity index (χ4n) is 4.40. The average molecular weight is 364 g/mol. The molecule has 0 saturated heterocycles. The van der Waals surface area contributed by atoms with Crippen LogP contribution < -0.4 is 4.90 Å². The molecule has 0 fully saturated rings. The van der Waals surface area contributed by atoms with Gasteiger partial charge in [0, 0.05) is 43.0 Å². The number of aromatic nitrogens is 1. The van der Waals surface area contributed by atoms with Crippen molar-refractivity contribution in [2.24, 2.45) is 5.16 Å². The van der Waals surface area contributed by atoms with Crippen LogP contribution in [0.4, 0.5) is 5.69 Å². The van der Waals surface area contributed by atoms with Crippen molar-refractivity contribution in [2.75, 3.05) is 19.0 Å². The molecule has 27 heavy (non-hydrogen) atoms. The van der Waals surface area contributed by atoms with Gasteiger partial charge in [0.25, 0.3) is 0 Å². The Kier molecular flexibility index (Phi) is 5.36. The van der Waals surface area contributed by atoms with Crippen LogP contribution in [0.2, 0.25) is 0 Å². The summed E-state index contributed by atoms with van der Waals surface area (Å²) in [6.45, 7) is 4.32. The molecule has 1 N–H and O–H groups in total. The molecule has 1 aromatic heterocycles. The number of pyridine rings is 1. The van der Waals surface area contributed by atoms with E-state index >= 15 is 0 Å². The molecule has 0 saturated carbocycles. The Morgan fingerprint density at radius 2 is 1.78 bits per heavy atom. The van der Waals surface area contributed by atoms with Gasteiger partial charge in [-0.1, -0.05) is 43.3 Å². The second kappa shape index (κ2) is 7.55. The van der Waals surface area contributed by atoms with Gasteiger partial charge in [-0.25, -0.2) is 0 Å². The molecule has 0 spiro atoms. The molecule has 4 heteroatoms. The molecule has 142 valence electrons. The molecular formula is C23H29N3O. The number of hydrogen-bond donors (Lipinski definition) is 1. The van der Waals surface area contributed by atoms with Crippen LogP contribution in [0.15, 0.2) is 66.1 Å². The van der Waals surface area contributed by atoms with Crippen LogP contribution >= 0.6 is 0 Å². The maximum Gasteiger partial charge on any atom is 0.0676 e. The third-order valence-electron chi connectivity index (χ3n) is 5.91. The summed E-state index contributed by atoms with van der Waals surface area (Å²) < 4.78 is 0. The first-order valence-electron chi connectivity index (χ1n) is 9.52. The standard InChI is InChI=1S/C23H29N3O/c1-5-21(25-27)23(19-7-9-20(10-8-19)26(3)4)14-6-13-22(2,17-23)18-11-15-24-16-12-18/h6-13,15-16,27H,5,14,17H2,1-4H3/t22-,23?/m0/s1. The van der Waals surface area contributed by atoms with Gasteiger partial charge in [0.05, 0.1) is 5.71 Å². The molecule has 2 atom stereocenters. The zero-order chi connectivity index (χ0) is 19.5. The Hall–Kier alpha value is -2.62. The van der Waals surface area contributed by atoms with Crippen LogP contribution in [0.1, 0.15) is 44.2 Å². The Bertz CT molecular complexity index is 826. The Balaban J connectivity index is 2.11. The summed E-state index contributed by atoms with van der Waals surface area (Å²) in [4.78, 5) is 6.26. The lowest BCUT2D eigenvalue weighted by Gasteiger charge is -2.44. The number of allylic oxidation sites excluding steroid dienone is 2. The fourth-order valence-corrected chi connectivity index (χ4v) is 4.40.